The van der Waals surface area contributed by atoms with Crippen molar-refractivity contribution < 1.29 is 9.26 Å². The van der Waals surface area contributed by atoms with E-state index in [9.17, 15) is 0 Å². The molecule has 0 spiro atoms. The molecule has 2 aromatic rings. The Morgan fingerprint density at radius 1 is 1.33 bits per heavy atom. The van der Waals surface area contributed by atoms with Crippen molar-refractivity contribution in [3.63, 3.8) is 0 Å². The van der Waals surface area contributed by atoms with Crippen LogP contribution >= 0.6 is 0 Å². The third kappa shape index (κ3) is 3.30. The molecule has 0 radical (unpaired) electrons. The van der Waals surface area contributed by atoms with Gasteiger partial charge in [0.15, 0.2) is 5.82 Å². The average Bonchev–Trinajstić information content (AvgIpc) is 2.80. The molecule has 0 fully saturated rings. The highest BCUT2D eigenvalue weighted by atomic mass is 16.5. The molecule has 1 aromatic heterocycles. The van der Waals surface area contributed by atoms with E-state index in [4.69, 9.17) is 9.26 Å². The van der Waals surface area contributed by atoms with Gasteiger partial charge in [0.25, 0.3) is 0 Å². The largest absolute Gasteiger partial charge is 0.384 e. The van der Waals surface area contributed by atoms with E-state index in [1.807, 2.05) is 12.1 Å². The summed E-state index contributed by atoms with van der Waals surface area (Å²) in [6.07, 6.45) is 0.699. The van der Waals surface area contributed by atoms with Crippen molar-refractivity contribution in [1.29, 1.82) is 0 Å². The summed E-state index contributed by atoms with van der Waals surface area (Å²) in [4.78, 5) is 4.21. The van der Waals surface area contributed by atoms with Crippen LogP contribution in [0.5, 0.6) is 0 Å². The number of benzene rings is 1. The van der Waals surface area contributed by atoms with Crippen LogP contribution in [0.2, 0.25) is 0 Å². The molecule has 18 heavy (non-hydrogen) atoms. The zero-order chi connectivity index (χ0) is 12.8. The van der Waals surface area contributed by atoms with Crippen LogP contribution < -0.4 is 5.32 Å². The first-order valence-corrected chi connectivity index (χ1v) is 5.89. The molecule has 5 nitrogen and oxygen atoms in total. The van der Waals surface area contributed by atoms with Gasteiger partial charge in [0, 0.05) is 25.8 Å². The molecule has 1 aromatic carbocycles. The number of aryl methyl sites for hydroxylation is 1. The number of nitrogens with one attached hydrogen (secondary N) is 1. The minimum atomic E-state index is 0.384. The molecule has 0 amide bonds. The number of anilines is 1. The first-order chi connectivity index (χ1) is 8.79. The van der Waals surface area contributed by atoms with Crippen LogP contribution in [0.1, 0.15) is 17.3 Å². The number of nitrogens with zero attached hydrogens (tertiary/aromatic N) is 2. The first kappa shape index (κ1) is 12.6. The minimum absolute atomic E-state index is 0.384. The van der Waals surface area contributed by atoms with Crippen LogP contribution in [0, 0.1) is 6.92 Å². The monoisotopic (exact) mass is 247 g/mol. The smallest absolute Gasteiger partial charge is 0.228 e. The lowest BCUT2D eigenvalue weighted by atomic mass is 10.2. The van der Waals surface area contributed by atoms with E-state index < -0.39 is 0 Å². The molecular formula is C13H17N3O2. The topological polar surface area (TPSA) is 60.2 Å². The van der Waals surface area contributed by atoms with Crippen LogP contribution in [0.25, 0.3) is 0 Å². The van der Waals surface area contributed by atoms with E-state index in [1.54, 1.807) is 7.11 Å². The van der Waals surface area contributed by atoms with Gasteiger partial charge in [-0.3, -0.25) is 0 Å². The molecule has 0 aliphatic rings. The minimum Gasteiger partial charge on any atom is -0.384 e. The molecule has 5 heteroatoms. The Morgan fingerprint density at radius 2 is 2.17 bits per heavy atom. The third-order valence-corrected chi connectivity index (χ3v) is 2.58. The van der Waals surface area contributed by atoms with E-state index in [1.165, 1.54) is 5.56 Å². The Hall–Kier alpha value is -1.88. The van der Waals surface area contributed by atoms with Crippen LogP contribution in [0.3, 0.4) is 0 Å². The molecule has 0 bridgehead atoms. The van der Waals surface area contributed by atoms with Crippen LogP contribution in [-0.4, -0.2) is 23.8 Å². The summed E-state index contributed by atoms with van der Waals surface area (Å²) in [6.45, 7) is 3.22. The van der Waals surface area contributed by atoms with Crippen molar-refractivity contribution in [2.45, 2.75) is 20.0 Å². The fraction of sp³-hybridized carbons (Fsp3) is 0.385. The molecule has 96 valence electrons. The summed E-state index contributed by atoms with van der Waals surface area (Å²) in [6, 6.07) is 8.17. The molecule has 2 rings (SSSR count). The van der Waals surface area contributed by atoms with E-state index in [-0.39, 0.29) is 0 Å². The Balaban J connectivity index is 1.83. The van der Waals surface area contributed by atoms with Gasteiger partial charge in [0.1, 0.15) is 6.61 Å². The second-order valence-electron chi connectivity index (χ2n) is 4.03. The molecule has 1 N–H and O–H groups in total. The van der Waals surface area contributed by atoms with E-state index in [0.29, 0.717) is 24.7 Å². The van der Waals surface area contributed by atoms with Crippen LogP contribution in [0.15, 0.2) is 28.8 Å². The van der Waals surface area contributed by atoms with Gasteiger partial charge in [-0.05, 0) is 18.6 Å². The summed E-state index contributed by atoms with van der Waals surface area (Å²) in [5.41, 5.74) is 2.36. The number of para-hydroxylation sites is 1. The van der Waals surface area contributed by atoms with E-state index >= 15 is 0 Å². The van der Waals surface area contributed by atoms with Gasteiger partial charge in [-0.15, -0.1) is 0 Å². The summed E-state index contributed by atoms with van der Waals surface area (Å²) < 4.78 is 10.0. The highest BCUT2D eigenvalue weighted by Gasteiger charge is 2.05. The maximum Gasteiger partial charge on any atom is 0.228 e. The van der Waals surface area contributed by atoms with Crippen LogP contribution in [-0.2, 0) is 17.8 Å². The van der Waals surface area contributed by atoms with Gasteiger partial charge in [0.05, 0.1) is 0 Å². The summed E-state index contributed by atoms with van der Waals surface area (Å²) >= 11 is 0. The fourth-order valence-corrected chi connectivity index (χ4v) is 1.65. The zero-order valence-corrected chi connectivity index (χ0v) is 10.6. The zero-order valence-electron chi connectivity index (χ0n) is 10.6. The molecule has 0 saturated heterocycles. The normalized spacial score (nSPS) is 10.6. The number of methoxy groups -OCH3 is 1. The summed E-state index contributed by atoms with van der Waals surface area (Å²) in [7, 11) is 1.61. The molecule has 0 atom stereocenters. The Labute approximate surface area is 106 Å². The van der Waals surface area contributed by atoms with Gasteiger partial charge in [-0.2, -0.15) is 4.98 Å². The molecule has 0 aliphatic carbocycles. The van der Waals surface area contributed by atoms with Crippen molar-refractivity contribution >= 4 is 5.69 Å². The van der Waals surface area contributed by atoms with Gasteiger partial charge < -0.3 is 14.6 Å². The summed E-state index contributed by atoms with van der Waals surface area (Å²) in [5, 5.41) is 7.15. The first-order valence-electron chi connectivity index (χ1n) is 5.89. The Morgan fingerprint density at radius 3 is 2.94 bits per heavy atom. The lowest BCUT2D eigenvalue weighted by Gasteiger charge is -2.07. The predicted molar refractivity (Wildman–Crippen MR) is 68.4 cm³/mol. The maximum absolute atomic E-state index is 5.10. The Bertz CT molecular complexity index is 496. The second-order valence-corrected chi connectivity index (χ2v) is 4.03. The van der Waals surface area contributed by atoms with Crippen molar-refractivity contribution in [3.8, 4) is 0 Å². The van der Waals surface area contributed by atoms with Crippen molar-refractivity contribution in [2.24, 2.45) is 0 Å². The molecule has 0 aliphatic heterocycles. The van der Waals surface area contributed by atoms with Crippen molar-refractivity contribution in [1.82, 2.24) is 10.1 Å². The summed E-state index contributed by atoms with van der Waals surface area (Å²) in [5.74, 6) is 1.21. The standard InChI is InChI=1S/C13H17N3O2/c1-10-5-3-4-6-11(10)14-8-7-13-15-12(9-17-2)16-18-13/h3-6,14H,7-9H2,1-2H3. The number of hydrogen-bond donors (Lipinski definition) is 1. The number of ether oxygens (including phenoxy) is 1. The molecule has 0 unspecified atom stereocenters. The third-order valence-electron chi connectivity index (χ3n) is 2.58. The van der Waals surface area contributed by atoms with Gasteiger partial charge in [-0.25, -0.2) is 0 Å². The number of hydrogen-bond acceptors (Lipinski definition) is 5. The lowest BCUT2D eigenvalue weighted by molar-refractivity contribution is 0.174. The fourth-order valence-electron chi connectivity index (χ4n) is 1.65. The van der Waals surface area contributed by atoms with Crippen molar-refractivity contribution in [2.75, 3.05) is 19.0 Å². The quantitative estimate of drug-likeness (QED) is 0.847. The highest BCUT2D eigenvalue weighted by Crippen LogP contribution is 2.12. The highest BCUT2D eigenvalue weighted by molar-refractivity contribution is 5.50. The Kier molecular flexibility index (Phi) is 4.30. The molecule has 1 heterocycles. The van der Waals surface area contributed by atoms with Crippen molar-refractivity contribution in [3.05, 3.63) is 41.5 Å². The molecule has 0 saturated carbocycles. The predicted octanol–water partition coefficient (Wildman–Crippen LogP) is 2.18. The van der Waals surface area contributed by atoms with Gasteiger partial charge >= 0.3 is 0 Å². The number of aromatic nitrogens is 2. The number of rotatable bonds is 6. The average molecular weight is 247 g/mol. The maximum atomic E-state index is 5.10. The van der Waals surface area contributed by atoms with Gasteiger partial charge in [0.2, 0.25) is 5.89 Å². The van der Waals surface area contributed by atoms with Gasteiger partial charge in [-0.1, -0.05) is 23.4 Å². The van der Waals surface area contributed by atoms with E-state index in [0.717, 1.165) is 12.2 Å². The molecular weight excluding hydrogens is 230 g/mol. The van der Waals surface area contributed by atoms with E-state index in [2.05, 4.69) is 34.5 Å². The second kappa shape index (κ2) is 6.16. The van der Waals surface area contributed by atoms with Crippen LogP contribution in [0.4, 0.5) is 5.69 Å². The SMILES string of the molecule is COCc1noc(CCNc2ccccc2C)n1. The lowest BCUT2D eigenvalue weighted by Crippen LogP contribution is -2.06.